The van der Waals surface area contributed by atoms with Crippen LogP contribution in [0.2, 0.25) is 0 Å². The number of ether oxygens (including phenoxy) is 1. The number of rotatable bonds is 7. The van der Waals surface area contributed by atoms with Gasteiger partial charge >= 0.3 is 0 Å². The zero-order valence-electron chi connectivity index (χ0n) is 16.6. The fraction of sp³-hybridized carbons (Fsp3) is 0.409. The molecule has 1 saturated heterocycles. The van der Waals surface area contributed by atoms with Crippen molar-refractivity contribution in [3.8, 4) is 22.3 Å². The van der Waals surface area contributed by atoms with E-state index < -0.39 is 0 Å². The number of hydrogen-bond donors (Lipinski definition) is 0. The number of hydrogen-bond acceptors (Lipinski definition) is 5. The molecule has 152 valence electrons. The third kappa shape index (κ3) is 5.36. The van der Waals surface area contributed by atoms with Gasteiger partial charge in [-0.2, -0.15) is 5.26 Å². The lowest BCUT2D eigenvalue weighted by molar-refractivity contribution is -0.134. The van der Waals surface area contributed by atoms with Gasteiger partial charge in [0, 0.05) is 31.6 Å². The summed E-state index contributed by atoms with van der Waals surface area (Å²) in [6.07, 6.45) is 3.47. The fourth-order valence-corrected chi connectivity index (χ4v) is 4.34. The van der Waals surface area contributed by atoms with Crippen molar-refractivity contribution in [3.63, 3.8) is 0 Å². The summed E-state index contributed by atoms with van der Waals surface area (Å²) in [5.41, 5.74) is 0.989. The number of amides is 2. The summed E-state index contributed by atoms with van der Waals surface area (Å²) in [6, 6.07) is 13.7. The van der Waals surface area contributed by atoms with Crippen LogP contribution < -0.4 is 4.74 Å². The van der Waals surface area contributed by atoms with E-state index in [0.717, 1.165) is 42.8 Å². The van der Waals surface area contributed by atoms with E-state index in [2.05, 4.69) is 6.07 Å². The minimum absolute atomic E-state index is 0.0478. The highest BCUT2D eigenvalue weighted by molar-refractivity contribution is 7.17. The number of carbonyl (C=O) groups excluding carboxylic acids is 2. The second-order valence-electron chi connectivity index (χ2n) is 7.03. The summed E-state index contributed by atoms with van der Waals surface area (Å²) in [5.74, 6) is 0.175. The molecule has 1 aliphatic heterocycles. The molecule has 1 aliphatic rings. The van der Waals surface area contributed by atoms with Crippen molar-refractivity contribution in [2.45, 2.75) is 25.7 Å². The molecule has 0 bridgehead atoms. The van der Waals surface area contributed by atoms with Gasteiger partial charge in [-0.15, -0.1) is 11.3 Å². The van der Waals surface area contributed by atoms with Crippen LogP contribution in [0.15, 0.2) is 36.4 Å². The molecule has 0 radical (unpaired) electrons. The molecular weight excluding hydrogens is 386 g/mol. The predicted molar refractivity (Wildman–Crippen MR) is 113 cm³/mol. The Morgan fingerprint density at radius 2 is 1.93 bits per heavy atom. The average Bonchev–Trinajstić information content (AvgIpc) is 3.20. The first-order valence-corrected chi connectivity index (χ1v) is 10.6. The maximum Gasteiger partial charge on any atom is 0.267 e. The molecule has 1 aromatic carbocycles. The third-order valence-corrected chi connectivity index (χ3v) is 6.07. The molecule has 0 unspecified atom stereocenters. The zero-order valence-corrected chi connectivity index (χ0v) is 17.4. The van der Waals surface area contributed by atoms with E-state index >= 15 is 0 Å². The van der Waals surface area contributed by atoms with Crippen LogP contribution >= 0.6 is 11.3 Å². The van der Waals surface area contributed by atoms with Gasteiger partial charge in [0.2, 0.25) is 0 Å². The molecule has 2 amide bonds. The predicted octanol–water partition coefficient (Wildman–Crippen LogP) is 3.79. The van der Waals surface area contributed by atoms with Gasteiger partial charge in [-0.05, 0) is 30.9 Å². The number of nitriles is 1. The van der Waals surface area contributed by atoms with Gasteiger partial charge in [-0.25, -0.2) is 0 Å². The van der Waals surface area contributed by atoms with E-state index in [0.29, 0.717) is 17.2 Å². The maximum atomic E-state index is 12.9. The van der Waals surface area contributed by atoms with E-state index in [4.69, 9.17) is 10.00 Å². The summed E-state index contributed by atoms with van der Waals surface area (Å²) < 4.78 is 5.84. The first kappa shape index (κ1) is 20.9. The fourth-order valence-electron chi connectivity index (χ4n) is 3.24. The first-order valence-electron chi connectivity index (χ1n) is 9.82. The summed E-state index contributed by atoms with van der Waals surface area (Å²) in [6.45, 7) is 1.81. The van der Waals surface area contributed by atoms with Gasteiger partial charge in [-0.1, -0.05) is 30.3 Å². The second kappa shape index (κ2) is 10.1. The van der Waals surface area contributed by atoms with E-state index in [1.54, 1.807) is 7.05 Å². The topological polar surface area (TPSA) is 73.6 Å². The number of likely N-dealkylation sites (tertiary alicyclic amines) is 1. The van der Waals surface area contributed by atoms with Crippen molar-refractivity contribution in [1.29, 1.82) is 5.26 Å². The summed E-state index contributed by atoms with van der Waals surface area (Å²) in [7, 11) is 1.67. The second-order valence-corrected chi connectivity index (χ2v) is 8.09. The molecule has 1 aromatic heterocycles. The Hall–Kier alpha value is -2.85. The Labute approximate surface area is 175 Å². The quantitative estimate of drug-likeness (QED) is 0.695. The lowest BCUT2D eigenvalue weighted by Gasteiger charge is -2.26. The van der Waals surface area contributed by atoms with Crippen molar-refractivity contribution in [3.05, 3.63) is 41.3 Å². The van der Waals surface area contributed by atoms with Crippen molar-refractivity contribution < 1.29 is 14.3 Å². The average molecular weight is 412 g/mol. The highest BCUT2D eigenvalue weighted by atomic mass is 32.1. The lowest BCUT2D eigenvalue weighted by atomic mass is 10.1. The van der Waals surface area contributed by atoms with Crippen molar-refractivity contribution in [2.75, 3.05) is 33.3 Å². The van der Waals surface area contributed by atoms with Gasteiger partial charge < -0.3 is 14.5 Å². The van der Waals surface area contributed by atoms with Gasteiger partial charge in [0.1, 0.15) is 10.6 Å². The van der Waals surface area contributed by atoms with E-state index in [1.807, 2.05) is 41.3 Å². The minimum Gasteiger partial charge on any atom is -0.482 e. The molecule has 29 heavy (non-hydrogen) atoms. The van der Waals surface area contributed by atoms with Crippen LogP contribution in [0.4, 0.5) is 0 Å². The molecule has 0 aliphatic carbocycles. The van der Waals surface area contributed by atoms with Gasteiger partial charge in [0.15, 0.2) is 6.61 Å². The minimum atomic E-state index is -0.201. The monoisotopic (exact) mass is 411 g/mol. The van der Waals surface area contributed by atoms with Crippen LogP contribution in [0.25, 0.3) is 10.4 Å². The number of piperidine rings is 1. The van der Waals surface area contributed by atoms with Gasteiger partial charge in [0.05, 0.1) is 12.5 Å². The molecule has 2 heterocycles. The van der Waals surface area contributed by atoms with Crippen LogP contribution in [0.3, 0.4) is 0 Å². The van der Waals surface area contributed by atoms with Crippen molar-refractivity contribution >= 4 is 23.2 Å². The smallest absolute Gasteiger partial charge is 0.267 e. The van der Waals surface area contributed by atoms with Gasteiger partial charge in [-0.3, -0.25) is 9.59 Å². The molecule has 7 heteroatoms. The normalized spacial score (nSPS) is 13.6. The molecule has 6 nitrogen and oxygen atoms in total. The van der Waals surface area contributed by atoms with Crippen LogP contribution in [-0.2, 0) is 4.79 Å². The van der Waals surface area contributed by atoms with Crippen LogP contribution in [0.5, 0.6) is 5.75 Å². The van der Waals surface area contributed by atoms with Crippen molar-refractivity contribution in [1.82, 2.24) is 9.80 Å². The van der Waals surface area contributed by atoms with Crippen LogP contribution in [0, 0.1) is 11.3 Å². The van der Waals surface area contributed by atoms with E-state index in [9.17, 15) is 9.59 Å². The number of carbonyl (C=O) groups is 2. The van der Waals surface area contributed by atoms with Crippen LogP contribution in [0.1, 0.15) is 35.4 Å². The summed E-state index contributed by atoms with van der Waals surface area (Å²) in [5, 5.41) is 8.79. The number of benzene rings is 1. The summed E-state index contributed by atoms with van der Waals surface area (Å²) in [4.78, 5) is 30.1. The molecule has 2 aromatic rings. The largest absolute Gasteiger partial charge is 0.482 e. The molecule has 0 atom stereocenters. The Morgan fingerprint density at radius 3 is 2.62 bits per heavy atom. The maximum absolute atomic E-state index is 12.9. The highest BCUT2D eigenvalue weighted by Gasteiger charge is 2.23. The molecule has 0 spiro atoms. The zero-order chi connectivity index (χ0) is 20.6. The standard InChI is InChI=1S/C22H25N3O3S/c1-24(12-8-11-23)22(27)21-18(15-19(29-21)17-9-4-2-5-10-17)28-16-20(26)25-13-6-3-7-14-25/h2,4-5,9-10,15H,3,6-8,12-14,16H2,1H3. The number of nitrogens with zero attached hydrogens (tertiary/aromatic N) is 3. The van der Waals surface area contributed by atoms with E-state index in [1.165, 1.54) is 16.2 Å². The Balaban J connectivity index is 1.79. The first-order chi connectivity index (χ1) is 14.1. The van der Waals surface area contributed by atoms with E-state index in [-0.39, 0.29) is 24.8 Å². The molecule has 0 N–H and O–H groups in total. The molecule has 1 fully saturated rings. The van der Waals surface area contributed by atoms with Crippen LogP contribution in [-0.4, -0.2) is 54.9 Å². The Bertz CT molecular complexity index is 882. The molecular formula is C22H25N3O3S. The number of thiophene rings is 1. The Morgan fingerprint density at radius 1 is 1.21 bits per heavy atom. The highest BCUT2D eigenvalue weighted by Crippen LogP contribution is 2.37. The SMILES string of the molecule is CN(CCC#N)C(=O)c1sc(-c2ccccc2)cc1OCC(=O)N1CCCCC1. The van der Waals surface area contributed by atoms with Crippen molar-refractivity contribution in [2.24, 2.45) is 0 Å². The third-order valence-electron chi connectivity index (χ3n) is 4.92. The summed E-state index contributed by atoms with van der Waals surface area (Å²) >= 11 is 1.35. The molecule has 3 rings (SSSR count). The molecule has 0 saturated carbocycles. The van der Waals surface area contributed by atoms with Gasteiger partial charge in [0.25, 0.3) is 11.8 Å². The Kier molecular flexibility index (Phi) is 7.25. The lowest BCUT2D eigenvalue weighted by Crippen LogP contribution is -2.38.